The summed E-state index contributed by atoms with van der Waals surface area (Å²) in [5.74, 6) is 0.477. The number of allylic oxidation sites excluding steroid dienone is 1. The van der Waals surface area contributed by atoms with Crippen LogP contribution in [0.3, 0.4) is 0 Å². The number of pyridine rings is 1. The van der Waals surface area contributed by atoms with E-state index in [1.54, 1.807) is 6.20 Å². The van der Waals surface area contributed by atoms with E-state index in [1.165, 1.54) is 0 Å². The molecule has 1 aliphatic carbocycles. The zero-order valence-corrected chi connectivity index (χ0v) is 12.8. The molecule has 0 spiro atoms. The zero-order chi connectivity index (χ0) is 15.5. The van der Waals surface area contributed by atoms with E-state index >= 15 is 0 Å². The van der Waals surface area contributed by atoms with Crippen molar-refractivity contribution in [3.05, 3.63) is 60.8 Å². The van der Waals surface area contributed by atoms with E-state index in [-0.39, 0.29) is 11.8 Å². The van der Waals surface area contributed by atoms with Crippen molar-refractivity contribution in [1.82, 2.24) is 4.98 Å². The minimum atomic E-state index is 0.0668. The van der Waals surface area contributed by atoms with E-state index in [0.717, 1.165) is 35.3 Å². The Morgan fingerprint density at radius 1 is 1.32 bits per heavy atom. The van der Waals surface area contributed by atoms with Crippen LogP contribution in [0.4, 0.5) is 5.69 Å². The van der Waals surface area contributed by atoms with Gasteiger partial charge in [0.05, 0.1) is 5.69 Å². The van der Waals surface area contributed by atoms with Crippen LogP contribution in [0, 0.1) is 18.8 Å². The number of carbonyl (C=O) groups is 1. The fraction of sp³-hybridized carbons (Fsp3) is 0.263. The predicted octanol–water partition coefficient (Wildman–Crippen LogP) is 4.21. The fourth-order valence-electron chi connectivity index (χ4n) is 2.87. The van der Waals surface area contributed by atoms with Crippen molar-refractivity contribution in [1.29, 1.82) is 0 Å². The normalized spacial score (nSPS) is 20.0. The number of benzene rings is 1. The van der Waals surface area contributed by atoms with Crippen molar-refractivity contribution >= 4 is 11.6 Å². The highest BCUT2D eigenvalue weighted by Crippen LogP contribution is 2.36. The number of aromatic nitrogens is 1. The summed E-state index contributed by atoms with van der Waals surface area (Å²) in [5, 5.41) is 3.03. The van der Waals surface area contributed by atoms with Crippen molar-refractivity contribution in [3.8, 4) is 11.3 Å². The minimum Gasteiger partial charge on any atom is -0.326 e. The molecule has 1 aliphatic rings. The molecule has 0 aliphatic heterocycles. The van der Waals surface area contributed by atoms with Crippen LogP contribution in [0.15, 0.2) is 55.3 Å². The van der Waals surface area contributed by atoms with E-state index in [0.29, 0.717) is 5.92 Å². The van der Waals surface area contributed by atoms with E-state index in [4.69, 9.17) is 0 Å². The molecule has 1 amide bonds. The average Bonchev–Trinajstić information content (AvgIpc) is 2.49. The second kappa shape index (κ2) is 6.14. The van der Waals surface area contributed by atoms with Gasteiger partial charge in [0.15, 0.2) is 0 Å². The Hall–Kier alpha value is -2.42. The zero-order valence-electron chi connectivity index (χ0n) is 12.8. The Labute approximate surface area is 131 Å². The molecule has 112 valence electrons. The van der Waals surface area contributed by atoms with E-state index in [2.05, 4.69) is 23.8 Å². The molecular weight excluding hydrogens is 272 g/mol. The van der Waals surface area contributed by atoms with Crippen LogP contribution in [-0.2, 0) is 4.79 Å². The molecule has 2 atom stereocenters. The maximum Gasteiger partial charge on any atom is 0.228 e. The molecule has 1 saturated carbocycles. The van der Waals surface area contributed by atoms with Gasteiger partial charge in [0.1, 0.15) is 0 Å². The summed E-state index contributed by atoms with van der Waals surface area (Å²) in [4.78, 5) is 16.7. The molecule has 3 heteroatoms. The van der Waals surface area contributed by atoms with Crippen LogP contribution < -0.4 is 5.32 Å². The summed E-state index contributed by atoms with van der Waals surface area (Å²) in [6.07, 6.45) is 5.68. The van der Waals surface area contributed by atoms with Crippen molar-refractivity contribution in [2.45, 2.75) is 19.8 Å². The van der Waals surface area contributed by atoms with Gasteiger partial charge in [-0.1, -0.05) is 18.2 Å². The van der Waals surface area contributed by atoms with Gasteiger partial charge < -0.3 is 5.32 Å². The molecular formula is C19H20N2O. The van der Waals surface area contributed by atoms with Gasteiger partial charge in [-0.2, -0.15) is 0 Å². The number of nitrogens with one attached hydrogen (secondary N) is 1. The Bertz CT molecular complexity index is 694. The average molecular weight is 292 g/mol. The maximum absolute atomic E-state index is 12.3. The van der Waals surface area contributed by atoms with Crippen LogP contribution in [0.1, 0.15) is 18.4 Å². The molecule has 1 aromatic heterocycles. The van der Waals surface area contributed by atoms with Crippen LogP contribution in [-0.4, -0.2) is 10.9 Å². The molecule has 22 heavy (non-hydrogen) atoms. The topological polar surface area (TPSA) is 42.0 Å². The third-order valence-corrected chi connectivity index (χ3v) is 4.41. The first-order valence-electron chi connectivity index (χ1n) is 7.64. The van der Waals surface area contributed by atoms with Crippen molar-refractivity contribution in [2.24, 2.45) is 11.8 Å². The van der Waals surface area contributed by atoms with Crippen LogP contribution in [0.25, 0.3) is 11.3 Å². The first-order chi connectivity index (χ1) is 10.7. The minimum absolute atomic E-state index is 0.0668. The molecule has 2 unspecified atom stereocenters. The van der Waals surface area contributed by atoms with Gasteiger partial charge in [-0.05, 0) is 55.5 Å². The quantitative estimate of drug-likeness (QED) is 0.858. The number of aryl methyl sites for hydroxylation is 1. The second-order valence-electron chi connectivity index (χ2n) is 5.82. The molecule has 2 aromatic rings. The molecule has 3 nitrogen and oxygen atoms in total. The smallest absolute Gasteiger partial charge is 0.228 e. The predicted molar refractivity (Wildman–Crippen MR) is 89.5 cm³/mol. The number of anilines is 1. The number of rotatable bonds is 4. The fourth-order valence-corrected chi connectivity index (χ4v) is 2.87. The number of hydrogen-bond donors (Lipinski definition) is 1. The summed E-state index contributed by atoms with van der Waals surface area (Å²) < 4.78 is 0. The molecule has 0 saturated heterocycles. The van der Waals surface area contributed by atoms with E-state index < -0.39 is 0 Å². The van der Waals surface area contributed by atoms with Crippen molar-refractivity contribution in [2.75, 3.05) is 5.32 Å². The standard InChI is InChI=1S/C19H20N2O/c1-3-14-8-10-16(14)19(22)21-15-9-7-13(2)17(12-15)18-6-4-5-11-20-18/h3-7,9,11-12,14,16H,1,8,10H2,2H3,(H,21,22). The molecule has 0 bridgehead atoms. The van der Waals surface area contributed by atoms with Gasteiger partial charge in [-0.15, -0.1) is 6.58 Å². The second-order valence-corrected chi connectivity index (χ2v) is 5.82. The molecule has 1 heterocycles. The summed E-state index contributed by atoms with van der Waals surface area (Å²) in [6.45, 7) is 5.85. The van der Waals surface area contributed by atoms with Gasteiger partial charge >= 0.3 is 0 Å². The van der Waals surface area contributed by atoms with Gasteiger partial charge in [0.2, 0.25) is 5.91 Å². The molecule has 1 aromatic carbocycles. The number of nitrogens with zero attached hydrogens (tertiary/aromatic N) is 1. The summed E-state index contributed by atoms with van der Waals surface area (Å²) in [5.41, 5.74) is 3.94. The highest BCUT2D eigenvalue weighted by atomic mass is 16.1. The van der Waals surface area contributed by atoms with Crippen LogP contribution >= 0.6 is 0 Å². The monoisotopic (exact) mass is 292 g/mol. The highest BCUT2D eigenvalue weighted by molar-refractivity contribution is 5.94. The Morgan fingerprint density at radius 3 is 2.82 bits per heavy atom. The molecule has 3 rings (SSSR count). The molecule has 1 fully saturated rings. The maximum atomic E-state index is 12.3. The van der Waals surface area contributed by atoms with Crippen LogP contribution in [0.2, 0.25) is 0 Å². The Morgan fingerprint density at radius 2 is 2.18 bits per heavy atom. The first kappa shape index (κ1) is 14.5. The summed E-state index contributed by atoms with van der Waals surface area (Å²) in [6, 6.07) is 11.8. The van der Waals surface area contributed by atoms with Gasteiger partial charge in [0, 0.05) is 23.4 Å². The lowest BCUT2D eigenvalue weighted by Gasteiger charge is -2.33. The van der Waals surface area contributed by atoms with E-state index in [1.807, 2.05) is 42.5 Å². The molecule has 0 radical (unpaired) electrons. The highest BCUT2D eigenvalue weighted by Gasteiger charge is 2.34. The lowest BCUT2D eigenvalue weighted by molar-refractivity contribution is -0.123. The largest absolute Gasteiger partial charge is 0.326 e. The Balaban J connectivity index is 1.81. The first-order valence-corrected chi connectivity index (χ1v) is 7.64. The summed E-state index contributed by atoms with van der Waals surface area (Å²) >= 11 is 0. The van der Waals surface area contributed by atoms with Crippen molar-refractivity contribution < 1.29 is 4.79 Å². The Kier molecular flexibility index (Phi) is 4.05. The number of hydrogen-bond acceptors (Lipinski definition) is 2. The van der Waals surface area contributed by atoms with Gasteiger partial charge in [0.25, 0.3) is 0 Å². The van der Waals surface area contributed by atoms with Crippen molar-refractivity contribution in [3.63, 3.8) is 0 Å². The third-order valence-electron chi connectivity index (χ3n) is 4.41. The number of carbonyl (C=O) groups excluding carboxylic acids is 1. The van der Waals surface area contributed by atoms with Gasteiger partial charge in [-0.25, -0.2) is 0 Å². The lowest BCUT2D eigenvalue weighted by atomic mass is 9.73. The third kappa shape index (κ3) is 2.80. The van der Waals surface area contributed by atoms with Crippen LogP contribution in [0.5, 0.6) is 0 Å². The number of amides is 1. The van der Waals surface area contributed by atoms with Gasteiger partial charge in [-0.3, -0.25) is 9.78 Å². The molecule has 1 N–H and O–H groups in total. The summed E-state index contributed by atoms with van der Waals surface area (Å²) in [7, 11) is 0. The van der Waals surface area contributed by atoms with E-state index in [9.17, 15) is 4.79 Å². The lowest BCUT2D eigenvalue weighted by Crippen LogP contribution is -2.35. The SMILES string of the molecule is C=CC1CCC1C(=O)Nc1ccc(C)c(-c2ccccn2)c1.